The topological polar surface area (TPSA) is 125 Å². The summed E-state index contributed by atoms with van der Waals surface area (Å²) in [7, 11) is 0. The number of carbonyl (C=O) groups is 3. The number of aliphatic carboxylic acids is 1. The maximum Gasteiger partial charge on any atom is 0.317 e. The molecule has 0 aliphatic carbocycles. The molecule has 1 rings (SSSR count). The average Bonchev–Trinajstić information content (AvgIpc) is 2.34. The maximum absolute atomic E-state index is 11.7. The Morgan fingerprint density at radius 1 is 1.28 bits per heavy atom. The first-order valence-electron chi connectivity index (χ1n) is 5.79. The summed E-state index contributed by atoms with van der Waals surface area (Å²) in [4.78, 5) is 34.4. The normalized spacial score (nSPS) is 19.1. The Morgan fingerprint density at radius 2 is 1.94 bits per heavy atom. The van der Waals surface area contributed by atoms with Crippen LogP contribution in [0, 0.1) is 5.92 Å². The minimum Gasteiger partial charge on any atom is -0.481 e. The summed E-state index contributed by atoms with van der Waals surface area (Å²) in [5, 5.41) is 13.8. The summed E-state index contributed by atoms with van der Waals surface area (Å²) in [6.45, 7) is 1.29. The van der Waals surface area contributed by atoms with Gasteiger partial charge in [-0.2, -0.15) is 0 Å². The molecule has 1 unspecified atom stereocenters. The predicted molar refractivity (Wildman–Crippen MR) is 62.9 cm³/mol. The zero-order valence-electron chi connectivity index (χ0n) is 10.0. The van der Waals surface area contributed by atoms with E-state index in [-0.39, 0.29) is 25.7 Å². The van der Waals surface area contributed by atoms with E-state index < -0.39 is 17.9 Å². The van der Waals surface area contributed by atoms with Crippen molar-refractivity contribution >= 4 is 18.0 Å². The van der Waals surface area contributed by atoms with Crippen molar-refractivity contribution in [2.75, 3.05) is 26.2 Å². The highest BCUT2D eigenvalue weighted by molar-refractivity contribution is 5.76. The van der Waals surface area contributed by atoms with Crippen LogP contribution >= 0.6 is 0 Å². The van der Waals surface area contributed by atoms with Crippen molar-refractivity contribution in [2.24, 2.45) is 11.7 Å². The summed E-state index contributed by atoms with van der Waals surface area (Å²) >= 11 is 0. The fraction of sp³-hybridized carbons (Fsp3) is 0.700. The van der Waals surface area contributed by atoms with Crippen LogP contribution in [0.25, 0.3) is 0 Å². The molecule has 5 N–H and O–H groups in total. The lowest BCUT2D eigenvalue weighted by Gasteiger charge is -2.30. The van der Waals surface area contributed by atoms with Crippen molar-refractivity contribution < 1.29 is 19.5 Å². The Morgan fingerprint density at radius 3 is 2.56 bits per heavy atom. The number of piperidine rings is 1. The van der Waals surface area contributed by atoms with Gasteiger partial charge in [-0.25, -0.2) is 9.59 Å². The number of carboxylic acids is 1. The molecule has 1 aliphatic rings. The van der Waals surface area contributed by atoms with Crippen LogP contribution in [0.5, 0.6) is 0 Å². The second-order valence-electron chi connectivity index (χ2n) is 4.15. The summed E-state index contributed by atoms with van der Waals surface area (Å²) in [5.41, 5.74) is 4.87. The smallest absolute Gasteiger partial charge is 0.317 e. The van der Waals surface area contributed by atoms with E-state index >= 15 is 0 Å². The molecule has 1 atom stereocenters. The van der Waals surface area contributed by atoms with Crippen LogP contribution in [0.4, 0.5) is 9.59 Å². The molecule has 8 heteroatoms. The second-order valence-corrected chi connectivity index (χ2v) is 4.15. The van der Waals surface area contributed by atoms with E-state index in [1.54, 1.807) is 0 Å². The lowest BCUT2D eigenvalue weighted by Crippen LogP contribution is -2.48. The molecule has 0 aromatic rings. The molecule has 0 radical (unpaired) electrons. The van der Waals surface area contributed by atoms with Gasteiger partial charge in [0.2, 0.25) is 0 Å². The van der Waals surface area contributed by atoms with Crippen molar-refractivity contribution in [1.29, 1.82) is 0 Å². The average molecular weight is 258 g/mol. The molecule has 0 bridgehead atoms. The zero-order valence-corrected chi connectivity index (χ0v) is 10.0. The molecule has 18 heavy (non-hydrogen) atoms. The van der Waals surface area contributed by atoms with Crippen molar-refractivity contribution in [1.82, 2.24) is 15.5 Å². The minimum atomic E-state index is -0.872. The highest BCUT2D eigenvalue weighted by Crippen LogP contribution is 2.16. The van der Waals surface area contributed by atoms with Gasteiger partial charge in [0, 0.05) is 26.2 Å². The SMILES string of the molecule is NC(=O)NCCNC(=O)N1CCCC(C(=O)O)C1. The number of likely N-dealkylation sites (tertiary alicyclic amines) is 1. The number of carbonyl (C=O) groups excluding carboxylic acids is 2. The van der Waals surface area contributed by atoms with Gasteiger partial charge >= 0.3 is 18.0 Å². The number of urea groups is 2. The van der Waals surface area contributed by atoms with Gasteiger partial charge in [0.15, 0.2) is 0 Å². The third-order valence-electron chi connectivity index (χ3n) is 2.76. The van der Waals surface area contributed by atoms with Gasteiger partial charge < -0.3 is 26.4 Å². The predicted octanol–water partition coefficient (Wildman–Crippen LogP) is -0.839. The van der Waals surface area contributed by atoms with Crippen LogP contribution in [0.15, 0.2) is 0 Å². The molecule has 1 heterocycles. The quantitative estimate of drug-likeness (QED) is 0.491. The molecular weight excluding hydrogens is 240 g/mol. The molecule has 0 spiro atoms. The largest absolute Gasteiger partial charge is 0.481 e. The number of amides is 4. The van der Waals surface area contributed by atoms with Gasteiger partial charge in [-0.15, -0.1) is 0 Å². The summed E-state index contributed by atoms with van der Waals surface area (Å²) in [5.74, 6) is -1.36. The first-order chi connectivity index (χ1) is 8.50. The number of rotatable bonds is 4. The van der Waals surface area contributed by atoms with Crippen molar-refractivity contribution in [3.63, 3.8) is 0 Å². The first kappa shape index (κ1) is 14.1. The Balaban J connectivity index is 2.28. The molecular formula is C10H18N4O4. The summed E-state index contributed by atoms with van der Waals surface area (Å²) in [6.07, 6.45) is 1.28. The number of nitrogens with one attached hydrogen (secondary N) is 2. The zero-order chi connectivity index (χ0) is 13.5. The van der Waals surface area contributed by atoms with Crippen LogP contribution in [0.1, 0.15) is 12.8 Å². The van der Waals surface area contributed by atoms with Crippen molar-refractivity contribution in [3.8, 4) is 0 Å². The minimum absolute atomic E-state index is 0.227. The number of primary amides is 1. The fourth-order valence-corrected chi connectivity index (χ4v) is 1.83. The Bertz CT molecular complexity index is 334. The van der Waals surface area contributed by atoms with Gasteiger partial charge in [-0.05, 0) is 12.8 Å². The maximum atomic E-state index is 11.7. The highest BCUT2D eigenvalue weighted by atomic mass is 16.4. The number of hydrogen-bond donors (Lipinski definition) is 4. The standard InChI is InChI=1S/C10H18N4O4/c11-9(17)12-3-4-13-10(18)14-5-1-2-7(6-14)8(15)16/h7H,1-6H2,(H,13,18)(H,15,16)(H3,11,12,17). The first-order valence-corrected chi connectivity index (χ1v) is 5.79. The molecule has 1 saturated heterocycles. The third-order valence-corrected chi connectivity index (χ3v) is 2.76. The van der Waals surface area contributed by atoms with Crippen molar-refractivity contribution in [2.45, 2.75) is 12.8 Å². The Hall–Kier alpha value is -1.99. The second kappa shape index (κ2) is 6.67. The molecule has 0 aromatic carbocycles. The van der Waals surface area contributed by atoms with Gasteiger partial charge in [0.05, 0.1) is 5.92 Å². The number of nitrogens with two attached hydrogens (primary N) is 1. The Kier molecular flexibility index (Phi) is 5.22. The third kappa shape index (κ3) is 4.48. The molecule has 0 aromatic heterocycles. The molecule has 1 aliphatic heterocycles. The van der Waals surface area contributed by atoms with Gasteiger partial charge in [-0.3, -0.25) is 4.79 Å². The number of hydrogen-bond acceptors (Lipinski definition) is 3. The van der Waals surface area contributed by atoms with E-state index in [2.05, 4.69) is 10.6 Å². The van der Waals surface area contributed by atoms with E-state index in [9.17, 15) is 14.4 Å². The summed E-state index contributed by atoms with van der Waals surface area (Å²) < 4.78 is 0. The van der Waals surface area contributed by atoms with Crippen LogP contribution < -0.4 is 16.4 Å². The summed E-state index contributed by atoms with van der Waals surface area (Å²) in [6, 6.07) is -0.958. The van der Waals surface area contributed by atoms with Gasteiger partial charge in [0.1, 0.15) is 0 Å². The monoisotopic (exact) mass is 258 g/mol. The Labute approximate surface area is 104 Å². The van der Waals surface area contributed by atoms with Crippen LogP contribution in [0.3, 0.4) is 0 Å². The van der Waals surface area contributed by atoms with E-state index in [0.717, 1.165) is 0 Å². The highest BCUT2D eigenvalue weighted by Gasteiger charge is 2.27. The van der Waals surface area contributed by atoms with Crippen LogP contribution in [-0.2, 0) is 4.79 Å². The molecule has 0 saturated carbocycles. The lowest BCUT2D eigenvalue weighted by atomic mass is 9.99. The van der Waals surface area contributed by atoms with E-state index in [4.69, 9.17) is 10.8 Å². The molecule has 102 valence electrons. The van der Waals surface area contributed by atoms with Gasteiger partial charge in [0.25, 0.3) is 0 Å². The van der Waals surface area contributed by atoms with Crippen molar-refractivity contribution in [3.05, 3.63) is 0 Å². The molecule has 1 fully saturated rings. The van der Waals surface area contributed by atoms with Gasteiger partial charge in [-0.1, -0.05) is 0 Å². The molecule has 8 nitrogen and oxygen atoms in total. The van der Waals surface area contributed by atoms with E-state index in [1.807, 2.05) is 0 Å². The number of carboxylic acid groups (broad SMARTS) is 1. The number of nitrogens with zero attached hydrogens (tertiary/aromatic N) is 1. The molecule has 4 amide bonds. The lowest BCUT2D eigenvalue weighted by molar-refractivity contribution is -0.143. The van der Waals surface area contributed by atoms with E-state index in [0.29, 0.717) is 19.4 Å². The van der Waals surface area contributed by atoms with Crippen LogP contribution in [0.2, 0.25) is 0 Å². The fourth-order valence-electron chi connectivity index (χ4n) is 1.83. The van der Waals surface area contributed by atoms with Crippen LogP contribution in [-0.4, -0.2) is 54.2 Å². The van der Waals surface area contributed by atoms with E-state index in [1.165, 1.54) is 4.90 Å².